The smallest absolute Gasteiger partial charge is 0.335 e. The van der Waals surface area contributed by atoms with E-state index in [0.29, 0.717) is 46.2 Å². The fourth-order valence-electron chi connectivity index (χ4n) is 4.12. The van der Waals surface area contributed by atoms with E-state index in [4.69, 9.17) is 18.9 Å². The zero-order chi connectivity index (χ0) is 21.4. The van der Waals surface area contributed by atoms with E-state index in [9.17, 15) is 15.0 Å². The van der Waals surface area contributed by atoms with E-state index in [2.05, 4.69) is 9.97 Å². The van der Waals surface area contributed by atoms with Gasteiger partial charge in [-0.15, -0.1) is 0 Å². The molecule has 0 radical (unpaired) electrons. The van der Waals surface area contributed by atoms with Crippen LogP contribution in [0.1, 0.15) is 34.1 Å². The highest BCUT2D eigenvalue weighted by Crippen LogP contribution is 2.47. The van der Waals surface area contributed by atoms with Crippen LogP contribution in [0.15, 0.2) is 23.3 Å². The summed E-state index contributed by atoms with van der Waals surface area (Å²) in [6.07, 6.45) is 0.419. The number of nitrogens with zero attached hydrogens (tertiary/aromatic N) is 2. The lowest BCUT2D eigenvalue weighted by Gasteiger charge is -2.27. The van der Waals surface area contributed by atoms with Crippen LogP contribution < -0.4 is 14.2 Å². The molecule has 0 spiro atoms. The number of rotatable bonds is 6. The van der Waals surface area contributed by atoms with Gasteiger partial charge in [0.1, 0.15) is 13.2 Å². The highest BCUT2D eigenvalue weighted by atomic mass is 16.5. The van der Waals surface area contributed by atoms with Crippen molar-refractivity contribution in [2.45, 2.75) is 25.6 Å². The first-order valence-electron chi connectivity index (χ1n) is 9.35. The Morgan fingerprint density at radius 1 is 1.10 bits per heavy atom. The molecule has 2 aromatic rings. The zero-order valence-electron chi connectivity index (χ0n) is 16.9. The molecule has 4 rings (SSSR count). The average Bonchev–Trinajstić information content (AvgIpc) is 3.15. The second-order valence-corrected chi connectivity index (χ2v) is 6.95. The molecule has 0 saturated carbocycles. The van der Waals surface area contributed by atoms with E-state index in [1.54, 1.807) is 12.1 Å². The second-order valence-electron chi connectivity index (χ2n) is 6.95. The molecule has 0 bridgehead atoms. The maximum Gasteiger partial charge on any atom is 0.335 e. The van der Waals surface area contributed by atoms with Crippen molar-refractivity contribution in [1.82, 2.24) is 9.97 Å². The number of cyclic esters (lactones) is 1. The van der Waals surface area contributed by atoms with E-state index in [1.165, 1.54) is 21.3 Å². The monoisotopic (exact) mass is 414 g/mol. The van der Waals surface area contributed by atoms with Crippen molar-refractivity contribution < 1.29 is 34.0 Å². The molecule has 9 nitrogen and oxygen atoms in total. The molecule has 1 aromatic carbocycles. The maximum absolute atomic E-state index is 12.6. The highest BCUT2D eigenvalue weighted by molar-refractivity contribution is 5.95. The van der Waals surface area contributed by atoms with Gasteiger partial charge >= 0.3 is 5.97 Å². The number of hydrogen-bond acceptors (Lipinski definition) is 9. The van der Waals surface area contributed by atoms with Crippen LogP contribution in [0.5, 0.6) is 17.4 Å². The van der Waals surface area contributed by atoms with Gasteiger partial charge in [0.05, 0.1) is 45.1 Å². The lowest BCUT2D eigenvalue weighted by Crippen LogP contribution is -2.22. The predicted molar refractivity (Wildman–Crippen MR) is 104 cm³/mol. The highest BCUT2D eigenvalue weighted by Gasteiger charge is 2.41. The van der Waals surface area contributed by atoms with Crippen LogP contribution in [0.4, 0.5) is 0 Å². The van der Waals surface area contributed by atoms with E-state index in [0.717, 1.165) is 11.1 Å². The number of aromatic nitrogens is 2. The summed E-state index contributed by atoms with van der Waals surface area (Å²) in [4.78, 5) is 21.4. The lowest BCUT2D eigenvalue weighted by atomic mass is 9.78. The molecule has 1 atom stereocenters. The summed E-state index contributed by atoms with van der Waals surface area (Å²) in [6, 6.07) is 3.51. The summed E-state index contributed by atoms with van der Waals surface area (Å²) in [5, 5.41) is 19.5. The lowest BCUT2D eigenvalue weighted by molar-refractivity contribution is -0.136. The van der Waals surface area contributed by atoms with Crippen LogP contribution >= 0.6 is 0 Å². The van der Waals surface area contributed by atoms with Gasteiger partial charge in [-0.1, -0.05) is 0 Å². The Bertz CT molecular complexity index is 1020. The number of hydrogen-bond donors (Lipinski definition) is 2. The molecule has 0 saturated heterocycles. The zero-order valence-corrected chi connectivity index (χ0v) is 16.9. The first-order chi connectivity index (χ1) is 14.6. The van der Waals surface area contributed by atoms with Crippen LogP contribution in [0.2, 0.25) is 0 Å². The molecule has 2 aliphatic rings. The summed E-state index contributed by atoms with van der Waals surface area (Å²) in [7, 11) is 4.49. The maximum atomic E-state index is 12.6. The Balaban J connectivity index is 2.00. The Labute approximate surface area is 172 Å². The van der Waals surface area contributed by atoms with Crippen molar-refractivity contribution in [2.75, 3.05) is 27.9 Å². The molecule has 1 unspecified atom stereocenters. The largest absolute Gasteiger partial charge is 0.493 e. The van der Waals surface area contributed by atoms with Crippen LogP contribution in [0.3, 0.4) is 0 Å². The first kappa shape index (κ1) is 20.1. The molecule has 0 amide bonds. The number of esters is 1. The van der Waals surface area contributed by atoms with E-state index in [-0.39, 0.29) is 25.6 Å². The van der Waals surface area contributed by atoms with Gasteiger partial charge in [0, 0.05) is 17.5 Å². The van der Waals surface area contributed by atoms with E-state index in [1.807, 2.05) is 0 Å². The molecule has 1 aliphatic carbocycles. The molecule has 158 valence electrons. The molecule has 30 heavy (non-hydrogen) atoms. The number of fused-ring (bicyclic) bond motifs is 1. The number of aliphatic hydroxyl groups excluding tert-OH is 2. The van der Waals surface area contributed by atoms with E-state index >= 15 is 0 Å². The SMILES string of the molecule is COc1cc(C2C3=C(COC3=O)Cc3c(OC)nc(CO)nc32)cc(CO)c1OC. The summed E-state index contributed by atoms with van der Waals surface area (Å²) >= 11 is 0. The third-order valence-electron chi connectivity index (χ3n) is 5.39. The van der Waals surface area contributed by atoms with Gasteiger partial charge in [0.15, 0.2) is 17.3 Å². The Hall–Kier alpha value is -3.17. The topological polar surface area (TPSA) is 120 Å². The molecule has 2 N–H and O–H groups in total. The van der Waals surface area contributed by atoms with Crippen LogP contribution in [-0.2, 0) is 29.2 Å². The summed E-state index contributed by atoms with van der Waals surface area (Å²) in [6.45, 7) is -0.464. The number of carbonyl (C=O) groups excluding carboxylic acids is 1. The summed E-state index contributed by atoms with van der Waals surface area (Å²) < 4.78 is 21.6. The normalized spacial score (nSPS) is 17.4. The fourth-order valence-corrected chi connectivity index (χ4v) is 4.12. The quantitative estimate of drug-likeness (QED) is 0.668. The van der Waals surface area contributed by atoms with Crippen LogP contribution in [0.25, 0.3) is 0 Å². The van der Waals surface area contributed by atoms with Crippen LogP contribution in [0, 0.1) is 0 Å². The Kier molecular flexibility index (Phi) is 5.31. The van der Waals surface area contributed by atoms with Crippen molar-refractivity contribution in [2.24, 2.45) is 0 Å². The minimum Gasteiger partial charge on any atom is -0.493 e. The summed E-state index contributed by atoms with van der Waals surface area (Å²) in [5.74, 6) is 0.370. The second kappa shape index (κ2) is 7.92. The summed E-state index contributed by atoms with van der Waals surface area (Å²) in [5.41, 5.74) is 3.81. The minimum atomic E-state index is -0.592. The number of carbonyl (C=O) groups is 1. The van der Waals surface area contributed by atoms with Crippen molar-refractivity contribution in [3.63, 3.8) is 0 Å². The Morgan fingerprint density at radius 3 is 2.53 bits per heavy atom. The van der Waals surface area contributed by atoms with Gasteiger partial charge in [-0.2, -0.15) is 4.98 Å². The van der Waals surface area contributed by atoms with Gasteiger partial charge in [-0.05, 0) is 23.3 Å². The number of methoxy groups -OCH3 is 3. The van der Waals surface area contributed by atoms with Crippen molar-refractivity contribution in [3.05, 3.63) is 51.5 Å². The molecule has 2 heterocycles. The molecule has 9 heteroatoms. The van der Waals surface area contributed by atoms with Crippen LogP contribution in [-0.4, -0.2) is 54.1 Å². The predicted octanol–water partition coefficient (Wildman–Crippen LogP) is 1.03. The number of ether oxygens (including phenoxy) is 4. The molecule has 0 fully saturated rings. The third kappa shape index (κ3) is 3.06. The van der Waals surface area contributed by atoms with Gasteiger partial charge in [0.2, 0.25) is 5.88 Å². The van der Waals surface area contributed by atoms with Crippen molar-refractivity contribution >= 4 is 5.97 Å². The van der Waals surface area contributed by atoms with Gasteiger partial charge in [-0.3, -0.25) is 0 Å². The van der Waals surface area contributed by atoms with Gasteiger partial charge in [0.25, 0.3) is 0 Å². The van der Waals surface area contributed by atoms with Gasteiger partial charge < -0.3 is 29.2 Å². The van der Waals surface area contributed by atoms with Crippen molar-refractivity contribution in [1.29, 1.82) is 0 Å². The number of benzene rings is 1. The fraction of sp³-hybridized carbons (Fsp3) is 0.381. The minimum absolute atomic E-state index is 0.189. The Morgan fingerprint density at radius 2 is 1.90 bits per heavy atom. The number of aliphatic hydroxyl groups is 2. The van der Waals surface area contributed by atoms with Crippen molar-refractivity contribution in [3.8, 4) is 17.4 Å². The third-order valence-corrected chi connectivity index (χ3v) is 5.39. The molecular weight excluding hydrogens is 392 g/mol. The molecular formula is C21H22N2O7. The van der Waals surface area contributed by atoms with E-state index < -0.39 is 11.9 Å². The van der Waals surface area contributed by atoms with Gasteiger partial charge in [-0.25, -0.2) is 9.78 Å². The molecule has 1 aromatic heterocycles. The standard InChI is InChI=1S/C21H22N2O7/c1-27-14-6-10(4-11(7-24)19(14)28-2)16-17-12(9-30-21(17)26)5-13-18(16)22-15(8-25)23-20(13)29-3/h4,6,16,24-25H,5,7-9H2,1-3H3. The molecule has 1 aliphatic heterocycles. The first-order valence-corrected chi connectivity index (χ1v) is 9.35. The average molecular weight is 414 g/mol.